The van der Waals surface area contributed by atoms with E-state index in [2.05, 4.69) is 19.2 Å². The van der Waals surface area contributed by atoms with Crippen molar-refractivity contribution in [2.45, 2.75) is 50.9 Å². The molecule has 5 rings (SSSR count). The average molecular weight is 846 g/mol. The molecular formula is C39H49ClN5O12P. The molecule has 2 amide bonds. The molecule has 0 bridgehead atoms. The summed E-state index contributed by atoms with van der Waals surface area (Å²) in [4.78, 5) is 45.6. The van der Waals surface area contributed by atoms with Crippen LogP contribution in [0.15, 0.2) is 84.9 Å². The standard InChI is InChI=1S/C22H28N2O5.C12H9ClN2O3.C5H12NO4P/c1-21(2)14-22(3,26-5)29-19-13-17(11-12-18(19)21)28-16-9-7-15(8-10-16)23-20(25)24(4)27-6;13-11-10(18-8-4-2-1-3-5-8)7-6-9(12(11)14)15(16)17;1-11(9,10)3-2-4(6)5(7)8/h7-13H,14H2,1-6H3,(H,23,25);1-7H,14H2;4H,2-3,6H2,1H3,(H,7,8)(H,9,10). The normalized spacial score (nSPS) is 16.5. The third kappa shape index (κ3) is 13.9. The Balaban J connectivity index is 0.000000264. The van der Waals surface area contributed by atoms with Gasteiger partial charge in [-0.15, -0.1) is 0 Å². The number of hydrogen-bond donors (Lipinski definition) is 5. The van der Waals surface area contributed by atoms with Gasteiger partial charge in [0.25, 0.3) is 5.69 Å². The monoisotopic (exact) mass is 845 g/mol. The van der Waals surface area contributed by atoms with Crippen LogP contribution in [0.5, 0.6) is 28.7 Å². The van der Waals surface area contributed by atoms with Gasteiger partial charge in [-0.3, -0.25) is 24.3 Å². The van der Waals surface area contributed by atoms with Gasteiger partial charge in [0.15, 0.2) is 7.37 Å². The summed E-state index contributed by atoms with van der Waals surface area (Å²) in [5, 5.41) is 22.8. The van der Waals surface area contributed by atoms with Crippen molar-refractivity contribution >= 4 is 48.0 Å². The SMILES string of the molecule is CON(C)C(=O)Nc1ccc(Oc2ccc3c(c2)OC(C)(OC)CC3(C)C)cc1.CP(=O)(O)CCC(N)C(=O)O.Nc1c([N+](=O)[O-])ccc(Oc2ccccc2)c1Cl. The van der Waals surface area contributed by atoms with E-state index in [0.29, 0.717) is 22.9 Å². The molecule has 4 aromatic carbocycles. The first-order chi connectivity index (χ1) is 27.1. The first kappa shape index (κ1) is 47.0. The number of nitrogens with one attached hydrogen (secondary N) is 1. The number of nitrogens with zero attached hydrogens (tertiary/aromatic N) is 2. The summed E-state index contributed by atoms with van der Waals surface area (Å²) in [7, 11) is 1.51. The van der Waals surface area contributed by atoms with Crippen LogP contribution in [-0.4, -0.2) is 77.9 Å². The molecule has 17 nitrogen and oxygen atoms in total. The van der Waals surface area contributed by atoms with Crippen molar-refractivity contribution in [1.29, 1.82) is 0 Å². The Labute approximate surface area is 341 Å². The number of carbonyl (C=O) groups excluding carboxylic acids is 1. The van der Waals surface area contributed by atoms with Crippen molar-refractivity contribution in [2.75, 3.05) is 45.1 Å². The first-order valence-corrected chi connectivity index (χ1v) is 20.2. The molecule has 1 heterocycles. The highest BCUT2D eigenvalue weighted by atomic mass is 35.5. The quantitative estimate of drug-likeness (QED) is 0.0390. The zero-order valence-corrected chi connectivity index (χ0v) is 34.8. The Morgan fingerprint density at radius 3 is 2.17 bits per heavy atom. The molecule has 314 valence electrons. The van der Waals surface area contributed by atoms with E-state index in [-0.39, 0.29) is 46.2 Å². The smallest absolute Gasteiger partial charge is 0.345 e. The van der Waals surface area contributed by atoms with E-state index in [9.17, 15) is 24.3 Å². The molecule has 19 heteroatoms. The van der Waals surface area contributed by atoms with Crippen LogP contribution >= 0.6 is 19.0 Å². The number of urea groups is 1. The number of benzene rings is 4. The summed E-state index contributed by atoms with van der Waals surface area (Å²) in [6.45, 7) is 7.49. The van der Waals surface area contributed by atoms with E-state index >= 15 is 0 Å². The second kappa shape index (κ2) is 20.3. The number of carboxylic acids is 1. The summed E-state index contributed by atoms with van der Waals surface area (Å²) in [5.41, 5.74) is 12.0. The number of carboxylic acid groups (broad SMARTS) is 1. The number of aliphatic carboxylic acids is 1. The lowest BCUT2D eigenvalue weighted by molar-refractivity contribution is -0.383. The number of halogens is 1. The lowest BCUT2D eigenvalue weighted by atomic mass is 9.76. The van der Waals surface area contributed by atoms with Crippen molar-refractivity contribution in [3.63, 3.8) is 0 Å². The predicted molar refractivity (Wildman–Crippen MR) is 220 cm³/mol. The van der Waals surface area contributed by atoms with Crippen LogP contribution < -0.4 is 31.0 Å². The summed E-state index contributed by atoms with van der Waals surface area (Å²) in [6.07, 6.45) is 0.759. The van der Waals surface area contributed by atoms with E-state index in [1.807, 2.05) is 31.2 Å². The number of rotatable bonds is 12. The van der Waals surface area contributed by atoms with Gasteiger partial charge < -0.3 is 45.7 Å². The third-order valence-electron chi connectivity index (χ3n) is 8.57. The zero-order chi connectivity index (χ0) is 43.4. The Bertz CT molecular complexity index is 2090. The lowest BCUT2D eigenvalue weighted by Gasteiger charge is -2.43. The number of anilines is 2. The van der Waals surface area contributed by atoms with E-state index in [0.717, 1.165) is 22.8 Å². The van der Waals surface area contributed by atoms with Crippen molar-refractivity contribution in [2.24, 2.45) is 5.73 Å². The predicted octanol–water partition coefficient (Wildman–Crippen LogP) is 8.24. The Kier molecular flexibility index (Phi) is 16.5. The van der Waals surface area contributed by atoms with E-state index in [1.165, 1.54) is 33.0 Å². The van der Waals surface area contributed by atoms with Gasteiger partial charge in [0.2, 0.25) is 5.79 Å². The average Bonchev–Trinajstić information content (AvgIpc) is 3.16. The number of para-hydroxylation sites is 1. The van der Waals surface area contributed by atoms with Crippen LogP contribution in [0.2, 0.25) is 5.02 Å². The molecule has 0 aromatic heterocycles. The molecule has 1 aliphatic rings. The van der Waals surface area contributed by atoms with Gasteiger partial charge in [-0.2, -0.15) is 0 Å². The van der Waals surface area contributed by atoms with Crippen molar-refractivity contribution in [1.82, 2.24) is 5.06 Å². The van der Waals surface area contributed by atoms with E-state index in [1.54, 1.807) is 55.6 Å². The fourth-order valence-electron chi connectivity index (χ4n) is 5.44. The van der Waals surface area contributed by atoms with Gasteiger partial charge >= 0.3 is 12.0 Å². The van der Waals surface area contributed by atoms with E-state index in [4.69, 9.17) is 56.9 Å². The third-order valence-corrected chi connectivity index (χ3v) is 10.0. The molecule has 0 fully saturated rings. The number of nitrogen functional groups attached to an aromatic ring is 1. The number of nitrogens with two attached hydrogens (primary N) is 2. The lowest BCUT2D eigenvalue weighted by Crippen LogP contribution is -2.45. The Morgan fingerprint density at radius 2 is 1.62 bits per heavy atom. The van der Waals surface area contributed by atoms with Gasteiger partial charge in [0, 0.05) is 63.7 Å². The molecule has 3 unspecified atom stereocenters. The maximum Gasteiger partial charge on any atom is 0.345 e. The molecular weight excluding hydrogens is 797 g/mol. The highest BCUT2D eigenvalue weighted by Crippen LogP contribution is 2.46. The molecule has 3 atom stereocenters. The summed E-state index contributed by atoms with van der Waals surface area (Å²) in [5.74, 6) is 1.11. The minimum atomic E-state index is -3.10. The molecule has 0 saturated heterocycles. The van der Waals surface area contributed by atoms with Crippen LogP contribution in [0.1, 0.15) is 39.2 Å². The summed E-state index contributed by atoms with van der Waals surface area (Å²) >= 11 is 5.94. The van der Waals surface area contributed by atoms with Crippen molar-refractivity contribution in [3.05, 3.63) is 106 Å². The number of nitro benzene ring substituents is 1. The second-order valence-electron chi connectivity index (χ2n) is 13.9. The van der Waals surface area contributed by atoms with Crippen LogP contribution in [0.3, 0.4) is 0 Å². The fourth-order valence-corrected chi connectivity index (χ4v) is 6.39. The molecule has 4 aromatic rings. The molecule has 0 aliphatic carbocycles. The highest BCUT2D eigenvalue weighted by Gasteiger charge is 2.42. The number of amides is 2. The highest BCUT2D eigenvalue weighted by molar-refractivity contribution is 7.57. The van der Waals surface area contributed by atoms with Crippen molar-refractivity contribution < 1.29 is 52.9 Å². The molecule has 0 radical (unpaired) electrons. The fraction of sp³-hybridized carbons (Fsp3) is 0.333. The second-order valence-corrected chi connectivity index (χ2v) is 16.8. The minimum absolute atomic E-state index is 0.0352. The Hall–Kier alpha value is -5.42. The van der Waals surface area contributed by atoms with Crippen LogP contribution in [-0.2, 0) is 24.3 Å². The maximum atomic E-state index is 11.8. The zero-order valence-electron chi connectivity index (χ0n) is 33.1. The topological polar surface area (TPSA) is 248 Å². The number of hydrogen-bond acceptors (Lipinski definition) is 12. The van der Waals surface area contributed by atoms with Crippen LogP contribution in [0.25, 0.3) is 0 Å². The molecule has 7 N–H and O–H groups in total. The van der Waals surface area contributed by atoms with Gasteiger partial charge in [-0.05, 0) is 60.4 Å². The van der Waals surface area contributed by atoms with Gasteiger partial charge in [0.05, 0.1) is 12.0 Å². The number of ether oxygens (including phenoxy) is 4. The number of carbonyl (C=O) groups is 2. The molecule has 0 spiro atoms. The largest absolute Gasteiger partial charge is 0.480 e. The van der Waals surface area contributed by atoms with Crippen LogP contribution in [0.4, 0.5) is 21.9 Å². The van der Waals surface area contributed by atoms with Crippen LogP contribution in [0, 0.1) is 10.1 Å². The van der Waals surface area contributed by atoms with Gasteiger partial charge in [-0.25, -0.2) is 9.86 Å². The maximum absolute atomic E-state index is 11.8. The summed E-state index contributed by atoms with van der Waals surface area (Å²) < 4.78 is 33.8. The van der Waals surface area contributed by atoms with E-state index < -0.39 is 30.1 Å². The molecule has 1 aliphatic heterocycles. The summed E-state index contributed by atoms with van der Waals surface area (Å²) in [6, 6.07) is 23.2. The minimum Gasteiger partial charge on any atom is -0.480 e. The first-order valence-electron chi connectivity index (χ1n) is 17.6. The number of nitro groups is 1. The number of methoxy groups -OCH3 is 1. The van der Waals surface area contributed by atoms with Gasteiger partial charge in [-0.1, -0.05) is 49.7 Å². The molecule has 0 saturated carbocycles. The van der Waals surface area contributed by atoms with Gasteiger partial charge in [0.1, 0.15) is 45.5 Å². The molecule has 58 heavy (non-hydrogen) atoms. The van der Waals surface area contributed by atoms with Crippen molar-refractivity contribution in [3.8, 4) is 28.7 Å². The Morgan fingerprint density at radius 1 is 1.02 bits per heavy atom. The number of fused-ring (bicyclic) bond motifs is 1. The number of hydroxylamine groups is 2.